The van der Waals surface area contributed by atoms with Crippen molar-refractivity contribution in [2.75, 3.05) is 52.9 Å². The molecule has 0 atom stereocenters. The van der Waals surface area contributed by atoms with Crippen molar-refractivity contribution in [3.05, 3.63) is 76.0 Å². The van der Waals surface area contributed by atoms with Crippen LogP contribution in [0.2, 0.25) is 0 Å². The first-order valence-electron chi connectivity index (χ1n) is 12.1. The number of hydrogen-bond donors (Lipinski definition) is 1. The average Bonchev–Trinajstić information content (AvgIpc) is 3.32. The van der Waals surface area contributed by atoms with Crippen molar-refractivity contribution < 1.29 is 23.8 Å². The molecule has 8 nitrogen and oxygen atoms in total. The van der Waals surface area contributed by atoms with E-state index in [1.807, 2.05) is 65.7 Å². The van der Waals surface area contributed by atoms with Crippen molar-refractivity contribution in [3.8, 4) is 11.5 Å². The van der Waals surface area contributed by atoms with Crippen molar-refractivity contribution in [1.29, 1.82) is 0 Å². The number of thiophene rings is 1. The van der Waals surface area contributed by atoms with E-state index in [4.69, 9.17) is 14.2 Å². The number of para-hydroxylation sites is 1. The first-order chi connectivity index (χ1) is 17.9. The molecule has 3 rings (SSSR count). The predicted octanol–water partition coefficient (Wildman–Crippen LogP) is 4.83. The Morgan fingerprint density at radius 2 is 1.68 bits per heavy atom. The van der Waals surface area contributed by atoms with Gasteiger partial charge in [0.1, 0.15) is 6.54 Å². The van der Waals surface area contributed by atoms with E-state index in [2.05, 4.69) is 11.4 Å². The van der Waals surface area contributed by atoms with Gasteiger partial charge in [-0.05, 0) is 60.2 Å². The molecule has 198 valence electrons. The van der Waals surface area contributed by atoms with Crippen LogP contribution in [0.1, 0.15) is 16.0 Å². The number of nitrogens with one attached hydrogen (secondary N) is 1. The fourth-order valence-corrected chi connectivity index (χ4v) is 4.69. The smallest absolute Gasteiger partial charge is 0.322 e. The Balaban J connectivity index is 1.75. The molecule has 0 saturated heterocycles. The van der Waals surface area contributed by atoms with Crippen LogP contribution in [0.5, 0.6) is 11.5 Å². The van der Waals surface area contributed by atoms with Crippen molar-refractivity contribution >= 4 is 29.0 Å². The summed E-state index contributed by atoms with van der Waals surface area (Å²) in [5, 5.41) is 4.90. The number of methoxy groups -OCH3 is 3. The number of amides is 3. The van der Waals surface area contributed by atoms with Gasteiger partial charge in [-0.25, -0.2) is 4.79 Å². The van der Waals surface area contributed by atoms with Crippen LogP contribution in [0.25, 0.3) is 0 Å². The van der Waals surface area contributed by atoms with Gasteiger partial charge in [-0.2, -0.15) is 0 Å². The maximum Gasteiger partial charge on any atom is 0.322 e. The van der Waals surface area contributed by atoms with Gasteiger partial charge in [-0.1, -0.05) is 24.3 Å². The summed E-state index contributed by atoms with van der Waals surface area (Å²) in [6.07, 6.45) is 0.630. The van der Waals surface area contributed by atoms with E-state index in [0.717, 1.165) is 16.0 Å². The molecule has 0 fully saturated rings. The highest BCUT2D eigenvalue weighted by Gasteiger charge is 2.22. The first-order valence-corrected chi connectivity index (χ1v) is 12.9. The minimum Gasteiger partial charge on any atom is -0.493 e. The molecule has 0 unspecified atom stereocenters. The molecule has 0 spiro atoms. The van der Waals surface area contributed by atoms with Gasteiger partial charge in [0.05, 0.1) is 27.4 Å². The van der Waals surface area contributed by atoms with Crippen LogP contribution in [0.3, 0.4) is 0 Å². The molecular weight excluding hydrogens is 490 g/mol. The summed E-state index contributed by atoms with van der Waals surface area (Å²) in [5.74, 6) is 1.18. The number of carbonyl (C=O) groups is 2. The number of benzene rings is 2. The molecule has 0 aliphatic heterocycles. The second kappa shape index (κ2) is 14.2. The number of carbonyl (C=O) groups excluding carboxylic acids is 2. The van der Waals surface area contributed by atoms with Crippen LogP contribution in [0, 0.1) is 6.92 Å². The van der Waals surface area contributed by atoms with E-state index in [1.54, 1.807) is 32.7 Å². The predicted molar refractivity (Wildman–Crippen MR) is 147 cm³/mol. The number of nitrogens with zero attached hydrogens (tertiary/aromatic N) is 2. The summed E-state index contributed by atoms with van der Waals surface area (Å²) < 4.78 is 16.0. The number of aryl methyl sites for hydroxylation is 1. The average molecular weight is 526 g/mol. The summed E-state index contributed by atoms with van der Waals surface area (Å²) in [4.78, 5) is 31.0. The molecule has 1 aromatic heterocycles. The minimum absolute atomic E-state index is 0.0572. The van der Waals surface area contributed by atoms with Crippen LogP contribution in [0.4, 0.5) is 10.5 Å². The van der Waals surface area contributed by atoms with Crippen LogP contribution >= 0.6 is 11.3 Å². The molecule has 3 aromatic rings. The largest absolute Gasteiger partial charge is 0.493 e. The normalized spacial score (nSPS) is 10.6. The molecule has 2 aromatic carbocycles. The van der Waals surface area contributed by atoms with Crippen molar-refractivity contribution in [2.24, 2.45) is 0 Å². The Hall–Kier alpha value is -3.56. The van der Waals surface area contributed by atoms with Crippen LogP contribution in [0.15, 0.2) is 60.0 Å². The Labute approximate surface area is 222 Å². The van der Waals surface area contributed by atoms with E-state index >= 15 is 0 Å². The topological polar surface area (TPSA) is 80.3 Å². The third-order valence-corrected chi connectivity index (χ3v) is 6.99. The number of rotatable bonds is 13. The number of urea groups is 1. The summed E-state index contributed by atoms with van der Waals surface area (Å²) in [5.41, 5.74) is 2.84. The zero-order valence-electron chi connectivity index (χ0n) is 21.9. The number of ether oxygens (including phenoxy) is 3. The van der Waals surface area contributed by atoms with Crippen LogP contribution in [-0.2, 0) is 22.5 Å². The highest BCUT2D eigenvalue weighted by atomic mass is 32.1. The monoisotopic (exact) mass is 525 g/mol. The quantitative estimate of drug-likeness (QED) is 0.346. The summed E-state index contributed by atoms with van der Waals surface area (Å²) in [6, 6.07) is 16.7. The molecule has 0 radical (unpaired) electrons. The second-order valence-electron chi connectivity index (χ2n) is 8.49. The fourth-order valence-electron chi connectivity index (χ4n) is 3.77. The highest BCUT2D eigenvalue weighted by molar-refractivity contribution is 7.10. The van der Waals surface area contributed by atoms with Gasteiger partial charge in [0.25, 0.3) is 0 Å². The Bertz CT molecular complexity index is 1150. The fraction of sp³-hybridized carbons (Fsp3) is 0.357. The Kier molecular flexibility index (Phi) is 10.8. The van der Waals surface area contributed by atoms with E-state index < -0.39 is 0 Å². The van der Waals surface area contributed by atoms with Gasteiger partial charge < -0.3 is 29.3 Å². The molecule has 0 aliphatic rings. The highest BCUT2D eigenvalue weighted by Crippen LogP contribution is 2.28. The molecule has 0 aliphatic carbocycles. The summed E-state index contributed by atoms with van der Waals surface area (Å²) >= 11 is 1.63. The molecule has 3 amide bonds. The summed E-state index contributed by atoms with van der Waals surface area (Å²) in [6.45, 7) is 3.57. The van der Waals surface area contributed by atoms with Crippen LogP contribution < -0.4 is 14.8 Å². The zero-order valence-corrected chi connectivity index (χ0v) is 22.7. The van der Waals surface area contributed by atoms with Gasteiger partial charge >= 0.3 is 6.03 Å². The third kappa shape index (κ3) is 8.23. The van der Waals surface area contributed by atoms with Gasteiger partial charge in [0, 0.05) is 30.8 Å². The number of hydrogen-bond acceptors (Lipinski definition) is 6. The lowest BCUT2D eigenvalue weighted by Gasteiger charge is -2.28. The SMILES string of the molecule is COCCN(CC(=O)N(CCc1ccc(OC)c(OC)c1)Cc1sccc1C)C(=O)Nc1ccccc1. The molecule has 9 heteroatoms. The molecule has 1 N–H and O–H groups in total. The van der Waals surface area contributed by atoms with Crippen LogP contribution in [-0.4, -0.2) is 69.3 Å². The van der Waals surface area contributed by atoms with Crippen molar-refractivity contribution in [3.63, 3.8) is 0 Å². The molecule has 0 saturated carbocycles. The van der Waals surface area contributed by atoms with Crippen molar-refractivity contribution in [1.82, 2.24) is 9.80 Å². The Morgan fingerprint density at radius 1 is 0.919 bits per heavy atom. The molecule has 0 bridgehead atoms. The Morgan fingerprint density at radius 3 is 2.32 bits per heavy atom. The molecule has 37 heavy (non-hydrogen) atoms. The van der Waals surface area contributed by atoms with E-state index in [-0.39, 0.29) is 18.5 Å². The molecule has 1 heterocycles. The van der Waals surface area contributed by atoms with E-state index in [1.165, 1.54) is 4.90 Å². The lowest BCUT2D eigenvalue weighted by molar-refractivity contribution is -0.132. The maximum absolute atomic E-state index is 13.6. The van der Waals surface area contributed by atoms with E-state index in [9.17, 15) is 9.59 Å². The third-order valence-electron chi connectivity index (χ3n) is 5.98. The lowest BCUT2D eigenvalue weighted by Crippen LogP contribution is -2.46. The second-order valence-corrected chi connectivity index (χ2v) is 9.49. The minimum atomic E-state index is -0.344. The lowest BCUT2D eigenvalue weighted by atomic mass is 10.1. The van der Waals surface area contributed by atoms with Crippen molar-refractivity contribution in [2.45, 2.75) is 19.9 Å². The van der Waals surface area contributed by atoms with Gasteiger partial charge in [0.2, 0.25) is 5.91 Å². The van der Waals surface area contributed by atoms with Gasteiger partial charge in [0.15, 0.2) is 11.5 Å². The summed E-state index contributed by atoms with van der Waals surface area (Å²) in [7, 11) is 4.78. The van der Waals surface area contributed by atoms with Gasteiger partial charge in [-0.15, -0.1) is 11.3 Å². The van der Waals surface area contributed by atoms with Gasteiger partial charge in [-0.3, -0.25) is 4.79 Å². The zero-order chi connectivity index (χ0) is 26.6. The molecular formula is C28H35N3O5S. The van der Waals surface area contributed by atoms with E-state index in [0.29, 0.717) is 49.8 Å². The maximum atomic E-state index is 13.6. The number of anilines is 1. The standard InChI is InChI=1S/C28H35N3O5S/c1-21-13-17-37-26(21)19-30(14-12-22-10-11-24(35-3)25(18-22)36-4)27(32)20-31(15-16-34-2)28(33)29-23-8-6-5-7-9-23/h5-11,13,17-18H,12,14-16,19-20H2,1-4H3,(H,29,33). The first kappa shape index (κ1) is 28.0.